The van der Waals surface area contributed by atoms with Crippen molar-refractivity contribution in [3.05, 3.63) is 68.5 Å². The summed E-state index contributed by atoms with van der Waals surface area (Å²) in [5.74, 6) is -0.183. The molecule has 0 atom stereocenters. The molecule has 0 bridgehead atoms. The summed E-state index contributed by atoms with van der Waals surface area (Å²) >= 11 is 3.02. The van der Waals surface area contributed by atoms with Gasteiger partial charge in [-0.2, -0.15) is 16.4 Å². The van der Waals surface area contributed by atoms with E-state index in [9.17, 15) is 4.79 Å². The summed E-state index contributed by atoms with van der Waals surface area (Å²) in [5.41, 5.74) is 6.75. The topological polar surface area (TPSA) is 41.5 Å². The largest absolute Gasteiger partial charge is 0.282 e. The molecule has 3 rings (SSSR count). The lowest BCUT2D eigenvalue weighted by atomic mass is 10.1. The predicted molar refractivity (Wildman–Crippen MR) is 93.9 cm³/mol. The summed E-state index contributed by atoms with van der Waals surface area (Å²) in [7, 11) is 0. The summed E-state index contributed by atoms with van der Waals surface area (Å²) in [6.07, 6.45) is 1.65. The van der Waals surface area contributed by atoms with Crippen molar-refractivity contribution in [1.29, 1.82) is 0 Å². The highest BCUT2D eigenvalue weighted by molar-refractivity contribution is 7.12. The average molecular weight is 326 g/mol. The van der Waals surface area contributed by atoms with Crippen LogP contribution in [0.25, 0.3) is 11.1 Å². The van der Waals surface area contributed by atoms with Gasteiger partial charge in [0.1, 0.15) is 4.88 Å². The summed E-state index contributed by atoms with van der Waals surface area (Å²) in [6.45, 7) is 2.05. The number of rotatable bonds is 4. The van der Waals surface area contributed by atoms with E-state index in [4.69, 9.17) is 0 Å². The number of thiophene rings is 2. The molecule has 0 aliphatic rings. The van der Waals surface area contributed by atoms with Crippen LogP contribution in [-0.2, 0) is 0 Å². The highest BCUT2D eigenvalue weighted by Crippen LogP contribution is 2.28. The Hall–Kier alpha value is -2.24. The van der Waals surface area contributed by atoms with Gasteiger partial charge in [0.2, 0.25) is 0 Å². The zero-order chi connectivity index (χ0) is 15.4. The number of carbonyl (C=O) groups excluding carboxylic acids is 1. The first kappa shape index (κ1) is 14.7. The van der Waals surface area contributed by atoms with Gasteiger partial charge in [-0.25, -0.2) is 5.43 Å². The van der Waals surface area contributed by atoms with E-state index in [1.54, 1.807) is 17.6 Å². The van der Waals surface area contributed by atoms with Gasteiger partial charge in [-0.1, -0.05) is 29.8 Å². The van der Waals surface area contributed by atoms with Crippen LogP contribution in [0.15, 0.2) is 57.6 Å². The Bertz CT molecular complexity index is 786. The summed E-state index contributed by atoms with van der Waals surface area (Å²) in [4.78, 5) is 13.0. The van der Waals surface area contributed by atoms with Crippen molar-refractivity contribution >= 4 is 34.8 Å². The molecule has 0 aliphatic carbocycles. The van der Waals surface area contributed by atoms with Crippen LogP contribution in [0.2, 0.25) is 0 Å². The maximum Gasteiger partial charge on any atom is 0.282 e. The van der Waals surface area contributed by atoms with E-state index >= 15 is 0 Å². The van der Waals surface area contributed by atoms with Crippen LogP contribution in [0, 0.1) is 6.92 Å². The first-order valence-corrected chi connectivity index (χ1v) is 8.56. The minimum Gasteiger partial charge on any atom is -0.266 e. The SMILES string of the molecule is Cc1ccc(-c2ccsc2C(=O)N/N=C\c2ccsc2)cc1. The smallest absolute Gasteiger partial charge is 0.266 e. The van der Waals surface area contributed by atoms with E-state index in [2.05, 4.69) is 10.5 Å². The molecule has 3 aromatic rings. The molecular weight excluding hydrogens is 312 g/mol. The van der Waals surface area contributed by atoms with E-state index in [1.807, 2.05) is 59.5 Å². The number of hydrazone groups is 1. The third-order valence-electron chi connectivity index (χ3n) is 3.16. The van der Waals surface area contributed by atoms with Crippen molar-refractivity contribution in [2.75, 3.05) is 0 Å². The number of benzene rings is 1. The molecule has 0 aliphatic heterocycles. The second kappa shape index (κ2) is 6.68. The van der Waals surface area contributed by atoms with E-state index < -0.39 is 0 Å². The predicted octanol–water partition coefficient (Wildman–Crippen LogP) is 4.55. The molecule has 0 radical (unpaired) electrons. The molecule has 2 aromatic heterocycles. The van der Waals surface area contributed by atoms with E-state index in [0.717, 1.165) is 16.7 Å². The number of carbonyl (C=O) groups is 1. The maximum absolute atomic E-state index is 12.3. The van der Waals surface area contributed by atoms with E-state index in [0.29, 0.717) is 4.88 Å². The number of nitrogens with zero attached hydrogens (tertiary/aromatic N) is 1. The number of hydrogen-bond donors (Lipinski definition) is 1. The number of aryl methyl sites for hydroxylation is 1. The number of nitrogens with one attached hydrogen (secondary N) is 1. The van der Waals surface area contributed by atoms with Crippen LogP contribution >= 0.6 is 22.7 Å². The molecule has 2 heterocycles. The van der Waals surface area contributed by atoms with Gasteiger partial charge in [-0.15, -0.1) is 11.3 Å². The van der Waals surface area contributed by atoms with Gasteiger partial charge in [-0.05, 0) is 40.8 Å². The van der Waals surface area contributed by atoms with Crippen molar-refractivity contribution < 1.29 is 4.79 Å². The van der Waals surface area contributed by atoms with Crippen LogP contribution in [0.3, 0.4) is 0 Å². The summed E-state index contributed by atoms with van der Waals surface area (Å²) < 4.78 is 0. The summed E-state index contributed by atoms with van der Waals surface area (Å²) in [6, 6.07) is 12.1. The quantitative estimate of drug-likeness (QED) is 0.554. The maximum atomic E-state index is 12.3. The highest BCUT2D eigenvalue weighted by atomic mass is 32.1. The fraction of sp³-hybridized carbons (Fsp3) is 0.0588. The molecule has 1 amide bonds. The number of hydrogen-bond acceptors (Lipinski definition) is 4. The molecule has 110 valence electrons. The Morgan fingerprint density at radius 1 is 1.14 bits per heavy atom. The van der Waals surface area contributed by atoms with Gasteiger partial charge in [0.15, 0.2) is 0 Å². The number of amides is 1. The molecule has 1 aromatic carbocycles. The molecule has 0 unspecified atom stereocenters. The molecule has 0 saturated heterocycles. The zero-order valence-electron chi connectivity index (χ0n) is 11.9. The van der Waals surface area contributed by atoms with Gasteiger partial charge in [0, 0.05) is 11.1 Å². The highest BCUT2D eigenvalue weighted by Gasteiger charge is 2.13. The molecule has 3 nitrogen and oxygen atoms in total. The summed E-state index contributed by atoms with van der Waals surface area (Å²) in [5, 5.41) is 9.87. The van der Waals surface area contributed by atoms with Crippen molar-refractivity contribution in [2.45, 2.75) is 6.92 Å². The zero-order valence-corrected chi connectivity index (χ0v) is 13.6. The van der Waals surface area contributed by atoms with Crippen LogP contribution < -0.4 is 5.43 Å². The third-order valence-corrected chi connectivity index (χ3v) is 4.77. The monoisotopic (exact) mass is 326 g/mol. The molecule has 1 N–H and O–H groups in total. The van der Waals surface area contributed by atoms with Crippen molar-refractivity contribution in [3.63, 3.8) is 0 Å². The minimum atomic E-state index is -0.183. The van der Waals surface area contributed by atoms with Crippen LogP contribution in [-0.4, -0.2) is 12.1 Å². The molecule has 0 spiro atoms. The lowest BCUT2D eigenvalue weighted by molar-refractivity contribution is 0.0960. The Morgan fingerprint density at radius 2 is 1.95 bits per heavy atom. The van der Waals surface area contributed by atoms with Gasteiger partial charge in [-0.3, -0.25) is 4.79 Å². The molecule has 22 heavy (non-hydrogen) atoms. The lowest BCUT2D eigenvalue weighted by Gasteiger charge is -2.03. The lowest BCUT2D eigenvalue weighted by Crippen LogP contribution is -2.16. The van der Waals surface area contributed by atoms with E-state index in [-0.39, 0.29) is 5.91 Å². The van der Waals surface area contributed by atoms with Crippen LogP contribution in [0.1, 0.15) is 20.8 Å². The van der Waals surface area contributed by atoms with Gasteiger partial charge < -0.3 is 0 Å². The second-order valence-electron chi connectivity index (χ2n) is 4.79. The standard InChI is InChI=1S/C17H14N2OS2/c1-12-2-4-14(5-3-12)15-7-9-22-16(15)17(20)19-18-10-13-6-8-21-11-13/h2-11H,1H3,(H,19,20)/b18-10-. The fourth-order valence-electron chi connectivity index (χ4n) is 2.01. The Kier molecular flexibility index (Phi) is 4.46. The normalized spacial score (nSPS) is 11.0. The second-order valence-corrected chi connectivity index (χ2v) is 6.48. The van der Waals surface area contributed by atoms with Crippen LogP contribution in [0.4, 0.5) is 0 Å². The molecule has 0 fully saturated rings. The van der Waals surface area contributed by atoms with Crippen LogP contribution in [0.5, 0.6) is 0 Å². The van der Waals surface area contributed by atoms with Crippen molar-refractivity contribution in [2.24, 2.45) is 5.10 Å². The van der Waals surface area contributed by atoms with E-state index in [1.165, 1.54) is 16.9 Å². The molecule has 0 saturated carbocycles. The van der Waals surface area contributed by atoms with Gasteiger partial charge in [0.05, 0.1) is 6.21 Å². The van der Waals surface area contributed by atoms with Gasteiger partial charge in [0.25, 0.3) is 5.91 Å². The fourth-order valence-corrected chi connectivity index (χ4v) is 3.43. The average Bonchev–Trinajstić information content (AvgIpc) is 3.19. The Labute approximate surface area is 136 Å². The van der Waals surface area contributed by atoms with Gasteiger partial charge >= 0.3 is 0 Å². The first-order valence-electron chi connectivity index (χ1n) is 6.74. The first-order chi connectivity index (χ1) is 10.7. The van der Waals surface area contributed by atoms with Crippen molar-refractivity contribution in [1.82, 2.24) is 5.43 Å². The Morgan fingerprint density at radius 3 is 2.68 bits per heavy atom. The molecule has 5 heteroatoms. The Balaban J connectivity index is 1.76. The molecular formula is C17H14N2OS2. The van der Waals surface area contributed by atoms with Crippen molar-refractivity contribution in [3.8, 4) is 11.1 Å². The minimum absolute atomic E-state index is 0.183. The third kappa shape index (κ3) is 3.32.